The Kier molecular flexibility index (Phi) is 5.78. The molecule has 5 heteroatoms. The minimum Gasteiger partial charge on any atom is -0.497 e. The molecule has 1 aliphatic heterocycles. The molecule has 3 rings (SSSR count). The van der Waals surface area contributed by atoms with Crippen LogP contribution in [0.25, 0.3) is 0 Å². The predicted molar refractivity (Wildman–Crippen MR) is 114 cm³/mol. The standard InChI is InChI=1S/C24H31NO4/c1-14(2)18-12-19(15(3)10-21(18)28-7)23(26)25-20-13-24(4,5)29-22-11-16(27-6)8-9-17(20)22/h8-12,14,20H,13H2,1-7H3,(H,25,26)/t20-/m1/s1. The molecule has 2 aromatic carbocycles. The maximum absolute atomic E-state index is 13.2. The summed E-state index contributed by atoms with van der Waals surface area (Å²) in [5.74, 6) is 2.47. The van der Waals surface area contributed by atoms with E-state index in [1.807, 2.05) is 51.1 Å². The average molecular weight is 398 g/mol. The van der Waals surface area contributed by atoms with Crippen LogP contribution in [-0.4, -0.2) is 25.7 Å². The number of hydrogen-bond acceptors (Lipinski definition) is 4. The molecule has 1 N–H and O–H groups in total. The summed E-state index contributed by atoms with van der Waals surface area (Å²) in [6.07, 6.45) is 0.685. The maximum atomic E-state index is 13.2. The third-order valence-electron chi connectivity index (χ3n) is 5.43. The molecule has 1 aliphatic rings. The number of carbonyl (C=O) groups excluding carboxylic acids is 1. The van der Waals surface area contributed by atoms with E-state index in [9.17, 15) is 4.79 Å². The highest BCUT2D eigenvalue weighted by atomic mass is 16.5. The normalized spacial score (nSPS) is 17.3. The first-order valence-electron chi connectivity index (χ1n) is 10.0. The van der Waals surface area contributed by atoms with E-state index in [0.29, 0.717) is 12.0 Å². The average Bonchev–Trinajstić information content (AvgIpc) is 2.65. The van der Waals surface area contributed by atoms with Gasteiger partial charge in [0.05, 0.1) is 20.3 Å². The molecule has 0 saturated carbocycles. The van der Waals surface area contributed by atoms with E-state index in [1.54, 1.807) is 14.2 Å². The largest absolute Gasteiger partial charge is 0.497 e. The zero-order valence-electron chi connectivity index (χ0n) is 18.4. The monoisotopic (exact) mass is 397 g/mol. The molecular formula is C24H31NO4. The fourth-order valence-electron chi connectivity index (χ4n) is 3.89. The minimum atomic E-state index is -0.393. The van der Waals surface area contributed by atoms with Crippen LogP contribution >= 0.6 is 0 Å². The number of ether oxygens (including phenoxy) is 3. The van der Waals surface area contributed by atoms with Crippen molar-refractivity contribution in [3.63, 3.8) is 0 Å². The lowest BCUT2D eigenvalue weighted by Crippen LogP contribution is -2.41. The third-order valence-corrected chi connectivity index (χ3v) is 5.43. The maximum Gasteiger partial charge on any atom is 0.252 e. The van der Waals surface area contributed by atoms with Crippen LogP contribution in [0.5, 0.6) is 17.2 Å². The lowest BCUT2D eigenvalue weighted by molar-refractivity contribution is 0.0617. The Morgan fingerprint density at radius 3 is 2.52 bits per heavy atom. The van der Waals surface area contributed by atoms with Gasteiger partial charge in [-0.25, -0.2) is 0 Å². The van der Waals surface area contributed by atoms with Gasteiger partial charge in [-0.15, -0.1) is 0 Å². The van der Waals surface area contributed by atoms with Crippen molar-refractivity contribution >= 4 is 5.91 Å². The molecular weight excluding hydrogens is 366 g/mol. The molecule has 156 valence electrons. The van der Waals surface area contributed by atoms with E-state index in [4.69, 9.17) is 14.2 Å². The third kappa shape index (κ3) is 4.34. The van der Waals surface area contributed by atoms with Crippen LogP contribution in [0.3, 0.4) is 0 Å². The summed E-state index contributed by atoms with van der Waals surface area (Å²) in [7, 11) is 3.30. The fraction of sp³-hybridized carbons (Fsp3) is 0.458. The van der Waals surface area contributed by atoms with Gasteiger partial charge in [0.15, 0.2) is 0 Å². The first-order chi connectivity index (χ1) is 13.6. The van der Waals surface area contributed by atoms with E-state index in [2.05, 4.69) is 19.2 Å². The van der Waals surface area contributed by atoms with E-state index in [0.717, 1.165) is 33.9 Å². The Hall–Kier alpha value is -2.69. The van der Waals surface area contributed by atoms with E-state index in [1.165, 1.54) is 0 Å². The highest BCUT2D eigenvalue weighted by Gasteiger charge is 2.35. The van der Waals surface area contributed by atoms with Crippen molar-refractivity contribution in [2.45, 2.75) is 58.6 Å². The van der Waals surface area contributed by atoms with Gasteiger partial charge in [-0.1, -0.05) is 13.8 Å². The highest BCUT2D eigenvalue weighted by Crippen LogP contribution is 2.41. The molecule has 0 spiro atoms. The lowest BCUT2D eigenvalue weighted by atomic mass is 9.89. The highest BCUT2D eigenvalue weighted by molar-refractivity contribution is 5.96. The van der Waals surface area contributed by atoms with Gasteiger partial charge >= 0.3 is 0 Å². The summed E-state index contributed by atoms with van der Waals surface area (Å²) in [4.78, 5) is 13.2. The Bertz CT molecular complexity index is 917. The van der Waals surface area contributed by atoms with Crippen LogP contribution in [-0.2, 0) is 0 Å². The van der Waals surface area contributed by atoms with Crippen molar-refractivity contribution < 1.29 is 19.0 Å². The zero-order chi connectivity index (χ0) is 21.3. The van der Waals surface area contributed by atoms with Crippen molar-refractivity contribution in [3.8, 4) is 17.2 Å². The van der Waals surface area contributed by atoms with Crippen LogP contribution in [0, 0.1) is 6.92 Å². The van der Waals surface area contributed by atoms with Crippen LogP contribution in [0.2, 0.25) is 0 Å². The van der Waals surface area contributed by atoms with Crippen LogP contribution in [0.1, 0.15) is 73.1 Å². The van der Waals surface area contributed by atoms with Gasteiger partial charge in [-0.2, -0.15) is 0 Å². The van der Waals surface area contributed by atoms with Gasteiger partial charge in [-0.05, 0) is 62.1 Å². The lowest BCUT2D eigenvalue weighted by Gasteiger charge is -2.38. The second-order valence-corrected chi connectivity index (χ2v) is 8.56. The predicted octanol–water partition coefficient (Wildman–Crippen LogP) is 5.17. The van der Waals surface area contributed by atoms with Crippen molar-refractivity contribution in [3.05, 3.63) is 52.6 Å². The molecule has 0 radical (unpaired) electrons. The number of benzene rings is 2. The molecule has 1 heterocycles. The quantitative estimate of drug-likeness (QED) is 0.756. The molecule has 0 aliphatic carbocycles. The minimum absolute atomic E-state index is 0.0866. The van der Waals surface area contributed by atoms with Crippen LogP contribution < -0.4 is 19.5 Å². The summed E-state index contributed by atoms with van der Waals surface area (Å²) in [5.41, 5.74) is 3.17. The molecule has 0 bridgehead atoms. The van der Waals surface area contributed by atoms with Crippen molar-refractivity contribution in [2.24, 2.45) is 0 Å². The summed E-state index contributed by atoms with van der Waals surface area (Å²) >= 11 is 0. The zero-order valence-corrected chi connectivity index (χ0v) is 18.4. The van der Waals surface area contributed by atoms with Gasteiger partial charge in [0.25, 0.3) is 5.91 Å². The Morgan fingerprint density at radius 2 is 1.90 bits per heavy atom. The van der Waals surface area contributed by atoms with Gasteiger partial charge in [0, 0.05) is 23.6 Å². The van der Waals surface area contributed by atoms with Crippen LogP contribution in [0.15, 0.2) is 30.3 Å². The molecule has 0 unspecified atom stereocenters. The number of aryl methyl sites for hydroxylation is 1. The number of nitrogens with one attached hydrogen (secondary N) is 1. The van der Waals surface area contributed by atoms with Gasteiger partial charge in [-0.3, -0.25) is 4.79 Å². The smallest absolute Gasteiger partial charge is 0.252 e. The van der Waals surface area contributed by atoms with Crippen LogP contribution in [0.4, 0.5) is 0 Å². The first-order valence-corrected chi connectivity index (χ1v) is 10.0. The molecule has 2 aromatic rings. The van der Waals surface area contributed by atoms with Crippen molar-refractivity contribution in [1.29, 1.82) is 0 Å². The fourth-order valence-corrected chi connectivity index (χ4v) is 3.89. The second kappa shape index (κ2) is 7.97. The number of fused-ring (bicyclic) bond motifs is 1. The Labute approximate surface area is 173 Å². The summed E-state index contributed by atoms with van der Waals surface area (Å²) in [5, 5.41) is 3.23. The number of hydrogen-bond donors (Lipinski definition) is 1. The van der Waals surface area contributed by atoms with Crippen molar-refractivity contribution in [1.82, 2.24) is 5.32 Å². The van der Waals surface area contributed by atoms with E-state index < -0.39 is 5.60 Å². The molecule has 0 aromatic heterocycles. The van der Waals surface area contributed by atoms with Gasteiger partial charge in [0.1, 0.15) is 22.8 Å². The van der Waals surface area contributed by atoms with Gasteiger partial charge < -0.3 is 19.5 Å². The second-order valence-electron chi connectivity index (χ2n) is 8.56. The summed E-state index contributed by atoms with van der Waals surface area (Å²) in [6, 6.07) is 9.50. The molecule has 0 saturated heterocycles. The van der Waals surface area contributed by atoms with Gasteiger partial charge in [0.2, 0.25) is 0 Å². The van der Waals surface area contributed by atoms with E-state index in [-0.39, 0.29) is 17.9 Å². The Morgan fingerprint density at radius 1 is 1.17 bits per heavy atom. The summed E-state index contributed by atoms with van der Waals surface area (Å²) < 4.78 is 17.0. The molecule has 1 atom stereocenters. The summed E-state index contributed by atoms with van der Waals surface area (Å²) in [6.45, 7) is 10.2. The number of methoxy groups -OCH3 is 2. The molecule has 5 nitrogen and oxygen atoms in total. The first kappa shape index (κ1) is 21.0. The molecule has 0 fully saturated rings. The molecule has 1 amide bonds. The van der Waals surface area contributed by atoms with Crippen molar-refractivity contribution in [2.75, 3.05) is 14.2 Å². The Balaban J connectivity index is 1.94. The SMILES string of the molecule is COc1ccc2c(c1)OC(C)(C)C[C@H]2NC(=O)c1cc(C(C)C)c(OC)cc1C. The van der Waals surface area contributed by atoms with E-state index >= 15 is 0 Å². The number of amides is 1. The number of rotatable bonds is 5. The number of carbonyl (C=O) groups is 1. The topological polar surface area (TPSA) is 56.8 Å². The molecule has 29 heavy (non-hydrogen) atoms.